The molecule has 1 N–H and O–H groups in total. The Morgan fingerprint density at radius 1 is 1.56 bits per heavy atom. The zero-order valence-corrected chi connectivity index (χ0v) is 10.5. The maximum Gasteiger partial charge on any atom is 0.152 e. The molecule has 0 aromatic heterocycles. The number of hydrogen-bond donors (Lipinski definition) is 1. The largest absolute Gasteiger partial charge is 0.396 e. The van der Waals surface area contributed by atoms with Crippen molar-refractivity contribution in [3.8, 4) is 0 Å². The summed E-state index contributed by atoms with van der Waals surface area (Å²) in [5.41, 5.74) is 1.67. The molecule has 1 aliphatic rings. The van der Waals surface area contributed by atoms with E-state index >= 15 is 0 Å². The molecule has 16 heavy (non-hydrogen) atoms. The lowest BCUT2D eigenvalue weighted by Crippen LogP contribution is -2.21. The smallest absolute Gasteiger partial charge is 0.152 e. The molecule has 0 amide bonds. The van der Waals surface area contributed by atoms with Gasteiger partial charge in [-0.3, -0.25) is 4.79 Å². The van der Waals surface area contributed by atoms with E-state index in [1.807, 2.05) is 18.2 Å². The number of anilines is 1. The maximum atomic E-state index is 11.0. The Labute approximate surface area is 103 Å². The molecule has 1 atom stereocenters. The van der Waals surface area contributed by atoms with Crippen LogP contribution in [0.3, 0.4) is 0 Å². The maximum absolute atomic E-state index is 11.0. The molecule has 1 aliphatic heterocycles. The second kappa shape index (κ2) is 4.97. The van der Waals surface area contributed by atoms with Gasteiger partial charge in [-0.15, -0.1) is 0 Å². The first-order valence-electron chi connectivity index (χ1n) is 5.35. The summed E-state index contributed by atoms with van der Waals surface area (Å²) < 4.78 is 0.913. The highest BCUT2D eigenvalue weighted by molar-refractivity contribution is 9.10. The van der Waals surface area contributed by atoms with Crippen molar-refractivity contribution in [2.45, 2.75) is 6.42 Å². The summed E-state index contributed by atoms with van der Waals surface area (Å²) in [6, 6.07) is 5.72. The van der Waals surface area contributed by atoms with Gasteiger partial charge in [-0.05, 0) is 24.6 Å². The number of aliphatic hydroxyl groups excluding tert-OH is 1. The summed E-state index contributed by atoms with van der Waals surface area (Å²) in [6.45, 7) is 1.97. The Morgan fingerprint density at radius 2 is 2.38 bits per heavy atom. The number of hydrogen-bond acceptors (Lipinski definition) is 3. The van der Waals surface area contributed by atoms with Crippen LogP contribution in [0.25, 0.3) is 0 Å². The van der Waals surface area contributed by atoms with E-state index in [4.69, 9.17) is 5.11 Å². The van der Waals surface area contributed by atoms with Crippen molar-refractivity contribution in [3.05, 3.63) is 28.2 Å². The summed E-state index contributed by atoms with van der Waals surface area (Å²) in [5.74, 6) is 0.336. The predicted octanol–water partition coefficient (Wildman–Crippen LogP) is 2.08. The minimum absolute atomic E-state index is 0.226. The van der Waals surface area contributed by atoms with Gasteiger partial charge in [-0.1, -0.05) is 15.9 Å². The molecule has 2 rings (SSSR count). The zero-order chi connectivity index (χ0) is 11.5. The van der Waals surface area contributed by atoms with Gasteiger partial charge in [0.25, 0.3) is 0 Å². The van der Waals surface area contributed by atoms with Crippen LogP contribution in [0.4, 0.5) is 5.69 Å². The minimum atomic E-state index is 0.226. The number of rotatable bonds is 3. The van der Waals surface area contributed by atoms with E-state index in [1.54, 1.807) is 0 Å². The second-order valence-electron chi connectivity index (χ2n) is 4.10. The second-order valence-corrected chi connectivity index (χ2v) is 5.02. The molecule has 1 fully saturated rings. The van der Waals surface area contributed by atoms with Crippen molar-refractivity contribution < 1.29 is 9.90 Å². The number of benzene rings is 1. The molecule has 0 spiro atoms. The third-order valence-corrected chi connectivity index (χ3v) is 3.49. The molecule has 0 aliphatic carbocycles. The molecule has 0 bridgehead atoms. The fourth-order valence-electron chi connectivity index (χ4n) is 2.11. The molecule has 0 saturated carbocycles. The van der Waals surface area contributed by atoms with Gasteiger partial charge < -0.3 is 10.0 Å². The zero-order valence-electron chi connectivity index (χ0n) is 8.90. The van der Waals surface area contributed by atoms with Crippen molar-refractivity contribution in [1.29, 1.82) is 0 Å². The van der Waals surface area contributed by atoms with Gasteiger partial charge in [0.15, 0.2) is 6.29 Å². The number of carbonyl (C=O) groups is 1. The van der Waals surface area contributed by atoms with Gasteiger partial charge in [0.2, 0.25) is 0 Å². The Bertz CT molecular complexity index is 395. The first-order valence-corrected chi connectivity index (χ1v) is 6.14. The molecule has 1 saturated heterocycles. The van der Waals surface area contributed by atoms with Crippen molar-refractivity contribution in [3.63, 3.8) is 0 Å². The first kappa shape index (κ1) is 11.6. The number of carbonyl (C=O) groups excluding carboxylic acids is 1. The van der Waals surface area contributed by atoms with Crippen molar-refractivity contribution in [2.75, 3.05) is 24.6 Å². The molecular weight excluding hydrogens is 270 g/mol. The Kier molecular flexibility index (Phi) is 3.61. The number of halogens is 1. The van der Waals surface area contributed by atoms with Gasteiger partial charge in [-0.25, -0.2) is 0 Å². The standard InChI is InChI=1S/C12H14BrNO2/c13-11-1-2-12(10(5-11)8-16)14-4-3-9(6-14)7-15/h1-2,5,8-9,15H,3-4,6-7H2. The van der Waals surface area contributed by atoms with E-state index in [1.165, 1.54) is 0 Å². The molecule has 86 valence electrons. The van der Waals surface area contributed by atoms with Gasteiger partial charge in [-0.2, -0.15) is 0 Å². The minimum Gasteiger partial charge on any atom is -0.396 e. The van der Waals surface area contributed by atoms with Crippen LogP contribution in [0, 0.1) is 5.92 Å². The third kappa shape index (κ3) is 2.28. The molecule has 1 unspecified atom stereocenters. The third-order valence-electron chi connectivity index (χ3n) is 3.00. The average Bonchev–Trinajstić information content (AvgIpc) is 2.77. The average molecular weight is 284 g/mol. The van der Waals surface area contributed by atoms with Crippen LogP contribution in [0.1, 0.15) is 16.8 Å². The van der Waals surface area contributed by atoms with E-state index in [2.05, 4.69) is 20.8 Å². The van der Waals surface area contributed by atoms with E-state index in [0.29, 0.717) is 11.5 Å². The Hall–Kier alpha value is -0.870. The Balaban J connectivity index is 2.24. The highest BCUT2D eigenvalue weighted by Crippen LogP contribution is 2.28. The predicted molar refractivity (Wildman–Crippen MR) is 66.9 cm³/mol. The van der Waals surface area contributed by atoms with Crippen LogP contribution in [0.5, 0.6) is 0 Å². The normalized spacial score (nSPS) is 20.1. The molecule has 3 nitrogen and oxygen atoms in total. The number of nitrogens with zero attached hydrogens (tertiary/aromatic N) is 1. The molecular formula is C12H14BrNO2. The molecule has 4 heteroatoms. The summed E-state index contributed by atoms with van der Waals surface area (Å²) in [7, 11) is 0. The summed E-state index contributed by atoms with van der Waals surface area (Å²) >= 11 is 3.35. The van der Waals surface area contributed by atoms with Crippen molar-refractivity contribution >= 4 is 27.9 Å². The van der Waals surface area contributed by atoms with Crippen molar-refractivity contribution in [2.24, 2.45) is 5.92 Å². The number of aliphatic hydroxyl groups is 1. The molecule has 1 heterocycles. The SMILES string of the molecule is O=Cc1cc(Br)ccc1N1CCC(CO)C1. The van der Waals surface area contributed by atoms with Gasteiger partial charge in [0.1, 0.15) is 0 Å². The quantitative estimate of drug-likeness (QED) is 0.864. The lowest BCUT2D eigenvalue weighted by atomic mass is 10.1. The van der Waals surface area contributed by atoms with Crippen LogP contribution in [0.15, 0.2) is 22.7 Å². The molecule has 1 aromatic rings. The molecule has 0 radical (unpaired) electrons. The monoisotopic (exact) mass is 283 g/mol. The fourth-order valence-corrected chi connectivity index (χ4v) is 2.49. The summed E-state index contributed by atoms with van der Waals surface area (Å²) in [4.78, 5) is 13.2. The van der Waals surface area contributed by atoms with Crippen LogP contribution in [-0.4, -0.2) is 31.1 Å². The van der Waals surface area contributed by atoms with Crippen LogP contribution in [0.2, 0.25) is 0 Å². The fraction of sp³-hybridized carbons (Fsp3) is 0.417. The highest BCUT2D eigenvalue weighted by Gasteiger charge is 2.23. The van der Waals surface area contributed by atoms with E-state index < -0.39 is 0 Å². The van der Waals surface area contributed by atoms with Crippen LogP contribution in [-0.2, 0) is 0 Å². The van der Waals surface area contributed by atoms with E-state index in [0.717, 1.165) is 36.0 Å². The molecule has 1 aromatic carbocycles. The van der Waals surface area contributed by atoms with Crippen LogP contribution < -0.4 is 4.90 Å². The lowest BCUT2D eigenvalue weighted by molar-refractivity contribution is 0.112. The lowest BCUT2D eigenvalue weighted by Gasteiger charge is -2.20. The summed E-state index contributed by atoms with van der Waals surface area (Å²) in [5, 5.41) is 9.10. The summed E-state index contributed by atoms with van der Waals surface area (Å²) in [6.07, 6.45) is 1.87. The van der Waals surface area contributed by atoms with Gasteiger partial charge >= 0.3 is 0 Å². The van der Waals surface area contributed by atoms with E-state index in [-0.39, 0.29) is 6.61 Å². The van der Waals surface area contributed by atoms with Gasteiger partial charge in [0.05, 0.1) is 0 Å². The van der Waals surface area contributed by atoms with Crippen LogP contribution >= 0.6 is 15.9 Å². The van der Waals surface area contributed by atoms with Gasteiger partial charge in [0, 0.05) is 41.3 Å². The highest BCUT2D eigenvalue weighted by atomic mass is 79.9. The Morgan fingerprint density at radius 3 is 3.00 bits per heavy atom. The first-order chi connectivity index (χ1) is 7.74. The van der Waals surface area contributed by atoms with Crippen molar-refractivity contribution in [1.82, 2.24) is 0 Å². The number of aldehydes is 1. The topological polar surface area (TPSA) is 40.5 Å². The van der Waals surface area contributed by atoms with E-state index in [9.17, 15) is 4.79 Å².